The minimum absolute atomic E-state index is 0.0119. The average molecular weight is 263 g/mol. The molecule has 0 fully saturated rings. The highest BCUT2D eigenvalue weighted by molar-refractivity contribution is 9.10. The van der Waals surface area contributed by atoms with E-state index in [1.165, 1.54) is 6.20 Å². The molecule has 0 aliphatic heterocycles. The number of alkyl halides is 2. The second-order valence-corrected chi connectivity index (χ2v) is 3.30. The number of rotatable bonds is 2. The Morgan fingerprint density at radius 2 is 2.29 bits per heavy atom. The lowest BCUT2D eigenvalue weighted by Gasteiger charge is -2.04. The molecule has 0 aliphatic rings. The molecule has 6 heteroatoms. The zero-order valence-electron chi connectivity index (χ0n) is 6.85. The van der Waals surface area contributed by atoms with Gasteiger partial charge in [-0.05, 0) is 21.5 Å². The van der Waals surface area contributed by atoms with Crippen molar-refractivity contribution in [2.45, 2.75) is 12.8 Å². The van der Waals surface area contributed by atoms with Gasteiger partial charge in [-0.2, -0.15) is 5.26 Å². The third-order valence-electron chi connectivity index (χ3n) is 1.63. The monoisotopic (exact) mass is 262 g/mol. The molecule has 0 saturated carbocycles. The van der Waals surface area contributed by atoms with Gasteiger partial charge in [-0.1, -0.05) is 0 Å². The number of nitrogens with zero attached hydrogens (tertiary/aromatic N) is 1. The first kappa shape index (κ1) is 10.9. The van der Waals surface area contributed by atoms with Crippen LogP contribution in [0.3, 0.4) is 0 Å². The van der Waals surface area contributed by atoms with Crippen LogP contribution in [0.2, 0.25) is 0 Å². The standard InChI is InChI=1S/C8H5BrF2N2O/c9-6-4(1-2-12)3-13-8(14)5(6)7(10)11/h3,7H,1H2,(H,13,14). The Morgan fingerprint density at radius 1 is 1.64 bits per heavy atom. The molecule has 1 N–H and O–H groups in total. The van der Waals surface area contributed by atoms with E-state index in [2.05, 4.69) is 20.9 Å². The quantitative estimate of drug-likeness (QED) is 0.888. The molecular weight excluding hydrogens is 258 g/mol. The van der Waals surface area contributed by atoms with E-state index in [9.17, 15) is 13.6 Å². The summed E-state index contributed by atoms with van der Waals surface area (Å²) >= 11 is 2.88. The van der Waals surface area contributed by atoms with E-state index < -0.39 is 17.5 Å². The second-order valence-electron chi connectivity index (χ2n) is 2.51. The first-order chi connectivity index (χ1) is 6.57. The molecule has 0 aliphatic carbocycles. The maximum Gasteiger partial charge on any atom is 0.270 e. The van der Waals surface area contributed by atoms with Crippen LogP contribution in [0.1, 0.15) is 17.6 Å². The van der Waals surface area contributed by atoms with Gasteiger partial charge in [0.1, 0.15) is 0 Å². The van der Waals surface area contributed by atoms with Crippen LogP contribution < -0.4 is 5.56 Å². The van der Waals surface area contributed by atoms with Crippen LogP contribution in [0, 0.1) is 11.3 Å². The number of H-pyrrole nitrogens is 1. The number of aromatic nitrogens is 1. The molecule has 1 aromatic heterocycles. The Balaban J connectivity index is 3.35. The zero-order chi connectivity index (χ0) is 10.7. The van der Waals surface area contributed by atoms with Crippen molar-refractivity contribution in [1.29, 1.82) is 5.26 Å². The molecule has 0 unspecified atom stereocenters. The number of aromatic amines is 1. The van der Waals surface area contributed by atoms with E-state index in [4.69, 9.17) is 5.26 Å². The third-order valence-corrected chi connectivity index (χ3v) is 2.56. The fourth-order valence-electron chi connectivity index (χ4n) is 0.975. The van der Waals surface area contributed by atoms with Gasteiger partial charge in [0.05, 0.1) is 18.1 Å². The molecule has 1 aromatic rings. The highest BCUT2D eigenvalue weighted by Gasteiger charge is 2.18. The minimum atomic E-state index is -2.85. The van der Waals surface area contributed by atoms with Crippen LogP contribution in [0.15, 0.2) is 15.5 Å². The number of pyridine rings is 1. The number of nitriles is 1. The van der Waals surface area contributed by atoms with Crippen molar-refractivity contribution in [3.05, 3.63) is 32.2 Å². The molecular formula is C8H5BrF2N2O. The lowest BCUT2D eigenvalue weighted by Crippen LogP contribution is -2.14. The van der Waals surface area contributed by atoms with E-state index in [0.717, 1.165) is 0 Å². The van der Waals surface area contributed by atoms with E-state index >= 15 is 0 Å². The molecule has 74 valence electrons. The summed E-state index contributed by atoms with van der Waals surface area (Å²) in [5, 5.41) is 8.39. The highest BCUT2D eigenvalue weighted by atomic mass is 79.9. The normalized spacial score (nSPS) is 10.2. The molecule has 1 rings (SSSR count). The molecule has 0 aromatic carbocycles. The summed E-state index contributed by atoms with van der Waals surface area (Å²) in [6.07, 6.45) is -1.63. The Labute approximate surface area is 86.5 Å². The van der Waals surface area contributed by atoms with Crippen molar-refractivity contribution >= 4 is 15.9 Å². The zero-order valence-corrected chi connectivity index (χ0v) is 8.44. The fourth-order valence-corrected chi connectivity index (χ4v) is 1.58. The summed E-state index contributed by atoms with van der Waals surface area (Å²) in [6, 6.07) is 1.81. The third kappa shape index (κ3) is 1.99. The van der Waals surface area contributed by atoms with Crippen molar-refractivity contribution in [3.8, 4) is 6.07 Å². The Bertz CT molecular complexity index is 436. The number of hydrogen-bond acceptors (Lipinski definition) is 2. The summed E-state index contributed by atoms with van der Waals surface area (Å²) < 4.78 is 24.8. The summed E-state index contributed by atoms with van der Waals surface area (Å²) in [4.78, 5) is 13.1. The maximum absolute atomic E-state index is 12.4. The molecule has 0 bridgehead atoms. The Morgan fingerprint density at radius 3 is 2.79 bits per heavy atom. The van der Waals surface area contributed by atoms with Gasteiger partial charge in [0.15, 0.2) is 0 Å². The van der Waals surface area contributed by atoms with E-state index in [1.807, 2.05) is 6.07 Å². The Kier molecular flexibility index (Phi) is 3.36. The van der Waals surface area contributed by atoms with Gasteiger partial charge in [0, 0.05) is 10.7 Å². The van der Waals surface area contributed by atoms with Gasteiger partial charge in [0.25, 0.3) is 12.0 Å². The van der Waals surface area contributed by atoms with Crippen LogP contribution in [-0.2, 0) is 6.42 Å². The molecule has 0 radical (unpaired) electrons. The topological polar surface area (TPSA) is 56.6 Å². The van der Waals surface area contributed by atoms with Crippen molar-refractivity contribution < 1.29 is 8.78 Å². The summed E-state index contributed by atoms with van der Waals surface area (Å²) in [6.45, 7) is 0. The molecule has 0 atom stereocenters. The molecule has 14 heavy (non-hydrogen) atoms. The maximum atomic E-state index is 12.4. The van der Waals surface area contributed by atoms with Crippen LogP contribution in [0.5, 0.6) is 0 Å². The predicted octanol–water partition coefficient (Wildman–Crippen LogP) is 2.14. The van der Waals surface area contributed by atoms with Crippen LogP contribution in [0.25, 0.3) is 0 Å². The molecule has 0 spiro atoms. The summed E-state index contributed by atoms with van der Waals surface area (Å²) in [5.74, 6) is 0. The van der Waals surface area contributed by atoms with Crippen molar-refractivity contribution in [2.75, 3.05) is 0 Å². The van der Waals surface area contributed by atoms with Crippen molar-refractivity contribution in [2.24, 2.45) is 0 Å². The van der Waals surface area contributed by atoms with Gasteiger partial charge in [-0.25, -0.2) is 8.78 Å². The first-order valence-electron chi connectivity index (χ1n) is 3.63. The van der Waals surface area contributed by atoms with Gasteiger partial charge in [-0.3, -0.25) is 4.79 Å². The van der Waals surface area contributed by atoms with E-state index in [-0.39, 0.29) is 10.9 Å². The molecule has 0 saturated heterocycles. The summed E-state index contributed by atoms with van der Waals surface area (Å²) in [7, 11) is 0. The Hall–Kier alpha value is -1.22. The smallest absolute Gasteiger partial charge is 0.270 e. The van der Waals surface area contributed by atoms with Gasteiger partial charge in [-0.15, -0.1) is 0 Å². The van der Waals surface area contributed by atoms with Crippen molar-refractivity contribution in [1.82, 2.24) is 4.98 Å². The lowest BCUT2D eigenvalue weighted by atomic mass is 10.1. The SMILES string of the molecule is N#CCc1c[nH]c(=O)c(C(F)F)c1Br. The fraction of sp³-hybridized carbons (Fsp3) is 0.250. The molecule has 3 nitrogen and oxygen atoms in total. The molecule has 0 amide bonds. The van der Waals surface area contributed by atoms with Crippen LogP contribution in [0.4, 0.5) is 8.78 Å². The molecule has 1 heterocycles. The number of halogens is 3. The highest BCUT2D eigenvalue weighted by Crippen LogP contribution is 2.26. The second kappa shape index (κ2) is 4.33. The van der Waals surface area contributed by atoms with Gasteiger partial charge >= 0.3 is 0 Å². The number of nitrogens with one attached hydrogen (secondary N) is 1. The predicted molar refractivity (Wildman–Crippen MR) is 49.0 cm³/mol. The van der Waals surface area contributed by atoms with Gasteiger partial charge < -0.3 is 4.98 Å². The number of hydrogen-bond donors (Lipinski definition) is 1. The van der Waals surface area contributed by atoms with E-state index in [0.29, 0.717) is 5.56 Å². The largest absolute Gasteiger partial charge is 0.328 e. The lowest BCUT2D eigenvalue weighted by molar-refractivity contribution is 0.148. The van der Waals surface area contributed by atoms with Gasteiger partial charge in [0.2, 0.25) is 0 Å². The van der Waals surface area contributed by atoms with E-state index in [1.54, 1.807) is 0 Å². The van der Waals surface area contributed by atoms with Crippen LogP contribution in [-0.4, -0.2) is 4.98 Å². The van der Waals surface area contributed by atoms with Crippen molar-refractivity contribution in [3.63, 3.8) is 0 Å². The average Bonchev–Trinajstić information content (AvgIpc) is 2.10. The van der Waals surface area contributed by atoms with Crippen LogP contribution >= 0.6 is 15.9 Å². The summed E-state index contributed by atoms with van der Waals surface area (Å²) in [5.41, 5.74) is -1.12. The first-order valence-corrected chi connectivity index (χ1v) is 4.42. The minimum Gasteiger partial charge on any atom is -0.328 e.